The molecule has 1 aromatic carbocycles. The highest BCUT2D eigenvalue weighted by Gasteiger charge is 2.15. The molecule has 0 bridgehead atoms. The third-order valence-corrected chi connectivity index (χ3v) is 2.47. The van der Waals surface area contributed by atoms with Gasteiger partial charge in [-0.3, -0.25) is 4.79 Å². The van der Waals surface area contributed by atoms with Gasteiger partial charge in [-0.2, -0.15) is 5.10 Å². The van der Waals surface area contributed by atoms with E-state index in [1.165, 1.54) is 12.3 Å². The monoisotopic (exact) mass is 278 g/mol. The predicted molar refractivity (Wildman–Crippen MR) is 70.5 cm³/mol. The summed E-state index contributed by atoms with van der Waals surface area (Å²) in [6.07, 6.45) is 1.44. The SMILES string of the molecule is CCNc1c(F)cc(C(=O)Nc2cccnn2)cc1F. The quantitative estimate of drug-likeness (QED) is 0.901. The number of rotatable bonds is 4. The van der Waals surface area contributed by atoms with Gasteiger partial charge in [-0.05, 0) is 31.2 Å². The number of halogens is 2. The number of aromatic nitrogens is 2. The van der Waals surface area contributed by atoms with E-state index in [-0.39, 0.29) is 17.1 Å². The average Bonchev–Trinajstić information content (AvgIpc) is 2.43. The molecule has 0 atom stereocenters. The minimum Gasteiger partial charge on any atom is -0.381 e. The lowest BCUT2D eigenvalue weighted by molar-refractivity contribution is 0.102. The molecule has 0 fully saturated rings. The van der Waals surface area contributed by atoms with Gasteiger partial charge in [0.05, 0.1) is 0 Å². The largest absolute Gasteiger partial charge is 0.381 e. The standard InChI is InChI=1S/C13H12F2N4O/c1-2-16-12-9(14)6-8(7-10(12)15)13(20)18-11-4-3-5-17-19-11/h3-7,16H,2H2,1H3,(H,18,19,20). The van der Waals surface area contributed by atoms with Gasteiger partial charge in [0.2, 0.25) is 0 Å². The Labute approximate surface area is 114 Å². The van der Waals surface area contributed by atoms with Crippen molar-refractivity contribution in [2.75, 3.05) is 17.2 Å². The van der Waals surface area contributed by atoms with Crippen LogP contribution in [0.2, 0.25) is 0 Å². The van der Waals surface area contributed by atoms with Crippen LogP contribution in [0.3, 0.4) is 0 Å². The second kappa shape index (κ2) is 6.05. The van der Waals surface area contributed by atoms with E-state index in [1.807, 2.05) is 0 Å². The summed E-state index contributed by atoms with van der Waals surface area (Å²) in [6, 6.07) is 5.03. The van der Waals surface area contributed by atoms with Crippen LogP contribution >= 0.6 is 0 Å². The van der Waals surface area contributed by atoms with E-state index in [9.17, 15) is 13.6 Å². The van der Waals surface area contributed by atoms with Crippen LogP contribution in [-0.4, -0.2) is 22.6 Å². The molecule has 0 saturated carbocycles. The Morgan fingerprint density at radius 1 is 1.30 bits per heavy atom. The van der Waals surface area contributed by atoms with E-state index >= 15 is 0 Å². The van der Waals surface area contributed by atoms with Crippen molar-refractivity contribution in [1.82, 2.24) is 10.2 Å². The molecule has 1 aromatic heterocycles. The third-order valence-electron chi connectivity index (χ3n) is 2.47. The Hall–Kier alpha value is -2.57. The lowest BCUT2D eigenvalue weighted by Crippen LogP contribution is -2.14. The molecule has 7 heteroatoms. The molecule has 0 aliphatic heterocycles. The predicted octanol–water partition coefficient (Wildman–Crippen LogP) is 2.44. The Bertz CT molecular complexity index is 596. The number of nitrogens with zero attached hydrogens (tertiary/aromatic N) is 2. The van der Waals surface area contributed by atoms with Crippen molar-refractivity contribution in [2.24, 2.45) is 0 Å². The van der Waals surface area contributed by atoms with Crippen LogP contribution in [0.1, 0.15) is 17.3 Å². The zero-order chi connectivity index (χ0) is 14.5. The molecule has 2 N–H and O–H groups in total. The molecular weight excluding hydrogens is 266 g/mol. The maximum atomic E-state index is 13.7. The first kappa shape index (κ1) is 13.9. The molecule has 0 spiro atoms. The fourth-order valence-corrected chi connectivity index (χ4v) is 1.61. The second-order valence-electron chi connectivity index (χ2n) is 3.91. The normalized spacial score (nSPS) is 10.2. The van der Waals surface area contributed by atoms with Gasteiger partial charge >= 0.3 is 0 Å². The topological polar surface area (TPSA) is 66.9 Å². The van der Waals surface area contributed by atoms with Crippen molar-refractivity contribution >= 4 is 17.4 Å². The van der Waals surface area contributed by atoms with Gasteiger partial charge in [0.1, 0.15) is 17.3 Å². The Morgan fingerprint density at radius 2 is 2.00 bits per heavy atom. The van der Waals surface area contributed by atoms with Crippen LogP contribution in [0.25, 0.3) is 0 Å². The molecular formula is C13H12F2N4O. The number of carbonyl (C=O) groups is 1. The maximum Gasteiger partial charge on any atom is 0.257 e. The smallest absolute Gasteiger partial charge is 0.257 e. The van der Waals surface area contributed by atoms with E-state index < -0.39 is 17.5 Å². The number of carbonyl (C=O) groups excluding carboxylic acids is 1. The molecule has 2 aromatic rings. The maximum absolute atomic E-state index is 13.7. The molecule has 1 heterocycles. The fraction of sp³-hybridized carbons (Fsp3) is 0.154. The number of hydrogen-bond acceptors (Lipinski definition) is 4. The third kappa shape index (κ3) is 3.05. The van der Waals surface area contributed by atoms with Crippen LogP contribution in [0.5, 0.6) is 0 Å². The summed E-state index contributed by atoms with van der Waals surface area (Å²) in [7, 11) is 0. The zero-order valence-corrected chi connectivity index (χ0v) is 10.7. The molecule has 0 aliphatic carbocycles. The van der Waals surface area contributed by atoms with Gasteiger partial charge in [0.15, 0.2) is 5.82 Å². The van der Waals surface area contributed by atoms with E-state index in [4.69, 9.17) is 0 Å². The van der Waals surface area contributed by atoms with Crippen molar-refractivity contribution in [3.8, 4) is 0 Å². The summed E-state index contributed by atoms with van der Waals surface area (Å²) >= 11 is 0. The van der Waals surface area contributed by atoms with Gasteiger partial charge in [0.25, 0.3) is 5.91 Å². The van der Waals surface area contributed by atoms with E-state index in [2.05, 4.69) is 20.8 Å². The van der Waals surface area contributed by atoms with Gasteiger partial charge in [-0.1, -0.05) is 0 Å². The molecule has 0 saturated heterocycles. The molecule has 1 amide bonds. The highest BCUT2D eigenvalue weighted by atomic mass is 19.1. The van der Waals surface area contributed by atoms with Crippen molar-refractivity contribution in [3.63, 3.8) is 0 Å². The lowest BCUT2D eigenvalue weighted by Gasteiger charge is -2.09. The first-order chi connectivity index (χ1) is 9.61. The fourth-order valence-electron chi connectivity index (χ4n) is 1.61. The van der Waals surface area contributed by atoms with E-state index in [0.717, 1.165) is 12.1 Å². The number of nitrogens with one attached hydrogen (secondary N) is 2. The summed E-state index contributed by atoms with van der Waals surface area (Å²) in [4.78, 5) is 11.9. The first-order valence-corrected chi connectivity index (χ1v) is 5.93. The van der Waals surface area contributed by atoms with Crippen LogP contribution in [0.4, 0.5) is 20.3 Å². The summed E-state index contributed by atoms with van der Waals surface area (Å²) in [5.41, 5.74) is -0.379. The van der Waals surface area contributed by atoms with E-state index in [1.54, 1.807) is 13.0 Å². The number of hydrogen-bond donors (Lipinski definition) is 2. The molecule has 2 rings (SSSR count). The number of benzene rings is 1. The lowest BCUT2D eigenvalue weighted by atomic mass is 10.1. The van der Waals surface area contributed by atoms with E-state index in [0.29, 0.717) is 6.54 Å². The van der Waals surface area contributed by atoms with Gasteiger partial charge in [-0.25, -0.2) is 8.78 Å². The highest BCUT2D eigenvalue weighted by molar-refractivity contribution is 6.03. The van der Waals surface area contributed by atoms with Crippen LogP contribution < -0.4 is 10.6 Å². The zero-order valence-electron chi connectivity index (χ0n) is 10.7. The summed E-state index contributed by atoms with van der Waals surface area (Å²) in [5.74, 6) is -2.10. The molecule has 5 nitrogen and oxygen atoms in total. The Kier molecular flexibility index (Phi) is 4.19. The van der Waals surface area contributed by atoms with Crippen LogP contribution in [-0.2, 0) is 0 Å². The van der Waals surface area contributed by atoms with Gasteiger partial charge in [0, 0.05) is 18.3 Å². The average molecular weight is 278 g/mol. The van der Waals surface area contributed by atoms with Crippen molar-refractivity contribution < 1.29 is 13.6 Å². The minimum absolute atomic E-state index is 0.132. The van der Waals surface area contributed by atoms with Crippen molar-refractivity contribution in [2.45, 2.75) is 6.92 Å². The van der Waals surface area contributed by atoms with Crippen LogP contribution in [0.15, 0.2) is 30.5 Å². The highest BCUT2D eigenvalue weighted by Crippen LogP contribution is 2.21. The summed E-state index contributed by atoms with van der Waals surface area (Å²) < 4.78 is 27.4. The summed E-state index contributed by atoms with van der Waals surface area (Å²) in [6.45, 7) is 2.09. The minimum atomic E-state index is -0.823. The van der Waals surface area contributed by atoms with Crippen molar-refractivity contribution in [1.29, 1.82) is 0 Å². The van der Waals surface area contributed by atoms with Gasteiger partial charge in [-0.15, -0.1) is 5.10 Å². The Morgan fingerprint density at radius 3 is 2.55 bits per heavy atom. The Balaban J connectivity index is 2.23. The summed E-state index contributed by atoms with van der Waals surface area (Å²) in [5, 5.41) is 12.2. The molecule has 104 valence electrons. The number of amides is 1. The van der Waals surface area contributed by atoms with Crippen molar-refractivity contribution in [3.05, 3.63) is 47.7 Å². The second-order valence-corrected chi connectivity index (χ2v) is 3.91. The van der Waals surface area contributed by atoms with Gasteiger partial charge < -0.3 is 10.6 Å². The number of anilines is 2. The molecule has 0 aliphatic rings. The first-order valence-electron chi connectivity index (χ1n) is 5.93. The molecule has 0 radical (unpaired) electrons. The molecule has 20 heavy (non-hydrogen) atoms. The van der Waals surface area contributed by atoms with Crippen LogP contribution in [0, 0.1) is 11.6 Å². The molecule has 0 unspecified atom stereocenters.